The van der Waals surface area contributed by atoms with E-state index in [1.54, 1.807) is 42.5 Å². The van der Waals surface area contributed by atoms with Crippen molar-refractivity contribution in [3.8, 4) is 11.5 Å². The van der Waals surface area contributed by atoms with Gasteiger partial charge < -0.3 is 25.6 Å². The zero-order valence-corrected chi connectivity index (χ0v) is 21.4. The van der Waals surface area contributed by atoms with Gasteiger partial charge in [0.1, 0.15) is 11.5 Å². The molecule has 2 aromatic carbocycles. The minimum Gasteiger partial charge on any atom is -0.481 e. The molecule has 9 nitrogen and oxygen atoms in total. The number of amides is 2. The van der Waals surface area contributed by atoms with Crippen molar-refractivity contribution in [2.45, 2.75) is 58.3 Å². The minimum atomic E-state index is -0.923. The van der Waals surface area contributed by atoms with Crippen LogP contribution in [0.15, 0.2) is 42.5 Å². The summed E-state index contributed by atoms with van der Waals surface area (Å²) < 4.78 is 5.93. The molecule has 0 bridgehead atoms. The van der Waals surface area contributed by atoms with Crippen molar-refractivity contribution >= 4 is 35.1 Å². The Bertz CT molecular complexity index is 1190. The molecule has 4 rings (SSSR count). The lowest BCUT2D eigenvalue weighted by Gasteiger charge is -2.27. The fourth-order valence-electron chi connectivity index (χ4n) is 5.52. The summed E-state index contributed by atoms with van der Waals surface area (Å²) >= 11 is 0. The van der Waals surface area contributed by atoms with Gasteiger partial charge in [0.15, 0.2) is 0 Å². The zero-order valence-electron chi connectivity index (χ0n) is 21.4. The van der Waals surface area contributed by atoms with Crippen molar-refractivity contribution in [1.82, 2.24) is 0 Å². The Labute approximate surface area is 221 Å². The minimum absolute atomic E-state index is 0.269. The Morgan fingerprint density at radius 3 is 1.66 bits per heavy atom. The molecular formula is C29H34N2O7. The number of carbonyl (C=O) groups excluding carboxylic acids is 2. The molecule has 2 aromatic rings. The van der Waals surface area contributed by atoms with Crippen molar-refractivity contribution < 1.29 is 34.1 Å². The van der Waals surface area contributed by atoms with Gasteiger partial charge in [0.25, 0.3) is 0 Å². The average molecular weight is 523 g/mol. The molecule has 2 aliphatic rings. The summed E-state index contributed by atoms with van der Waals surface area (Å²) in [4.78, 5) is 48.6. The van der Waals surface area contributed by atoms with Crippen LogP contribution in [0.4, 0.5) is 11.4 Å². The van der Waals surface area contributed by atoms with Gasteiger partial charge in [0.2, 0.25) is 11.8 Å². The third-order valence-electron chi connectivity index (χ3n) is 7.65. The summed E-state index contributed by atoms with van der Waals surface area (Å²) in [6.45, 7) is 1.84. The topological polar surface area (TPSA) is 142 Å². The van der Waals surface area contributed by atoms with E-state index in [1.807, 2.05) is 6.92 Å². The van der Waals surface area contributed by atoms with Gasteiger partial charge in [-0.05, 0) is 80.6 Å². The van der Waals surface area contributed by atoms with Gasteiger partial charge in [-0.1, -0.05) is 25.7 Å². The highest BCUT2D eigenvalue weighted by Gasteiger charge is 2.36. The molecule has 4 N–H and O–H groups in total. The van der Waals surface area contributed by atoms with E-state index in [-0.39, 0.29) is 11.8 Å². The van der Waals surface area contributed by atoms with E-state index in [0.717, 1.165) is 31.2 Å². The van der Waals surface area contributed by atoms with Gasteiger partial charge in [-0.3, -0.25) is 19.2 Å². The zero-order chi connectivity index (χ0) is 27.2. The van der Waals surface area contributed by atoms with Gasteiger partial charge in [0.05, 0.1) is 23.7 Å². The lowest BCUT2D eigenvalue weighted by atomic mass is 9.78. The molecule has 4 atom stereocenters. The van der Waals surface area contributed by atoms with E-state index in [0.29, 0.717) is 48.6 Å². The highest BCUT2D eigenvalue weighted by atomic mass is 16.5. The number of anilines is 2. The van der Waals surface area contributed by atoms with Crippen molar-refractivity contribution in [1.29, 1.82) is 0 Å². The molecule has 38 heavy (non-hydrogen) atoms. The second-order valence-corrected chi connectivity index (χ2v) is 10.3. The highest BCUT2D eigenvalue weighted by Crippen LogP contribution is 2.34. The third kappa shape index (κ3) is 6.51. The first-order valence-corrected chi connectivity index (χ1v) is 13.2. The average Bonchev–Trinajstić information content (AvgIpc) is 2.91. The first-order valence-electron chi connectivity index (χ1n) is 13.2. The van der Waals surface area contributed by atoms with Gasteiger partial charge >= 0.3 is 11.9 Å². The van der Waals surface area contributed by atoms with Crippen LogP contribution in [-0.4, -0.2) is 34.0 Å². The normalized spacial score (nSPS) is 23.2. The standard InChI is InChI=1S/C29H34N2O7/c1-17-16-20(14-15-25(17)31-27(33)22-7-3-5-9-24(22)29(36)37)38-19-12-10-18(11-13-19)30-26(32)21-6-2-4-8-23(21)28(34)35/h10-16,21-24H,2-9H2,1H3,(H,30,32)(H,31,33)(H,34,35)(H,36,37). The summed E-state index contributed by atoms with van der Waals surface area (Å²) in [5, 5.41) is 24.6. The molecule has 2 saturated carbocycles. The molecule has 9 heteroatoms. The Balaban J connectivity index is 1.35. The number of ether oxygens (including phenoxy) is 1. The van der Waals surface area contributed by atoms with Crippen molar-refractivity contribution in [3.63, 3.8) is 0 Å². The number of hydrogen-bond acceptors (Lipinski definition) is 5. The van der Waals surface area contributed by atoms with Crippen molar-refractivity contribution in [2.24, 2.45) is 23.7 Å². The van der Waals surface area contributed by atoms with Crippen LogP contribution in [0, 0.1) is 30.6 Å². The summed E-state index contributed by atoms with van der Waals surface area (Å²) in [6.07, 6.45) is 5.52. The summed E-state index contributed by atoms with van der Waals surface area (Å²) in [5.41, 5.74) is 1.95. The van der Waals surface area contributed by atoms with Gasteiger partial charge in [-0.2, -0.15) is 0 Å². The van der Waals surface area contributed by atoms with Crippen LogP contribution in [0.5, 0.6) is 11.5 Å². The molecule has 2 amide bonds. The Kier molecular flexibility index (Phi) is 8.66. The fourth-order valence-corrected chi connectivity index (χ4v) is 5.52. The van der Waals surface area contributed by atoms with E-state index in [4.69, 9.17) is 4.74 Å². The fraction of sp³-hybridized carbons (Fsp3) is 0.448. The van der Waals surface area contributed by atoms with Gasteiger partial charge in [0, 0.05) is 11.4 Å². The maximum absolute atomic E-state index is 12.8. The largest absolute Gasteiger partial charge is 0.481 e. The number of carboxylic acid groups (broad SMARTS) is 2. The maximum atomic E-state index is 12.8. The summed E-state index contributed by atoms with van der Waals surface area (Å²) in [5.74, 6) is -3.66. The SMILES string of the molecule is Cc1cc(Oc2ccc(NC(=O)C3CCCCC3C(=O)O)cc2)ccc1NC(=O)C1CCCCC1C(=O)O. The summed E-state index contributed by atoms with van der Waals surface area (Å²) in [6, 6.07) is 12.1. The van der Waals surface area contributed by atoms with Gasteiger partial charge in [-0.15, -0.1) is 0 Å². The predicted octanol–water partition coefficient (Wildman–Crippen LogP) is 5.45. The number of benzene rings is 2. The number of carbonyl (C=O) groups is 4. The van der Waals surface area contributed by atoms with E-state index in [9.17, 15) is 29.4 Å². The molecule has 0 saturated heterocycles. The van der Waals surface area contributed by atoms with Crippen molar-refractivity contribution in [2.75, 3.05) is 10.6 Å². The molecule has 0 heterocycles. The second-order valence-electron chi connectivity index (χ2n) is 10.3. The molecule has 0 spiro atoms. The second kappa shape index (κ2) is 12.1. The molecule has 202 valence electrons. The van der Waals surface area contributed by atoms with Gasteiger partial charge in [-0.25, -0.2) is 0 Å². The van der Waals surface area contributed by atoms with Crippen LogP contribution in [0.2, 0.25) is 0 Å². The molecule has 2 fully saturated rings. The molecule has 0 aliphatic heterocycles. The first kappa shape index (κ1) is 27.2. The number of carboxylic acids is 2. The van der Waals surface area contributed by atoms with E-state index in [1.165, 1.54) is 0 Å². The Morgan fingerprint density at radius 1 is 0.684 bits per heavy atom. The van der Waals surface area contributed by atoms with Crippen LogP contribution < -0.4 is 15.4 Å². The van der Waals surface area contributed by atoms with Crippen LogP contribution in [0.1, 0.15) is 56.9 Å². The van der Waals surface area contributed by atoms with Crippen LogP contribution >= 0.6 is 0 Å². The third-order valence-corrected chi connectivity index (χ3v) is 7.65. The molecule has 0 aromatic heterocycles. The smallest absolute Gasteiger partial charge is 0.307 e. The molecule has 4 unspecified atom stereocenters. The number of rotatable bonds is 8. The maximum Gasteiger partial charge on any atom is 0.307 e. The summed E-state index contributed by atoms with van der Waals surface area (Å²) in [7, 11) is 0. The van der Waals surface area contributed by atoms with Crippen LogP contribution in [-0.2, 0) is 19.2 Å². The quantitative estimate of drug-likeness (QED) is 0.361. The molecule has 2 aliphatic carbocycles. The first-order chi connectivity index (χ1) is 18.2. The Hall–Kier alpha value is -3.88. The van der Waals surface area contributed by atoms with Crippen molar-refractivity contribution in [3.05, 3.63) is 48.0 Å². The lowest BCUT2D eigenvalue weighted by molar-refractivity contribution is -0.148. The van der Waals surface area contributed by atoms with E-state index >= 15 is 0 Å². The van der Waals surface area contributed by atoms with Crippen LogP contribution in [0.3, 0.4) is 0 Å². The number of aliphatic carboxylic acids is 2. The number of nitrogens with one attached hydrogen (secondary N) is 2. The molecular weight excluding hydrogens is 488 g/mol. The molecule has 0 radical (unpaired) electrons. The number of aryl methyl sites for hydroxylation is 1. The predicted molar refractivity (Wildman–Crippen MR) is 141 cm³/mol. The highest BCUT2D eigenvalue weighted by molar-refractivity contribution is 5.96. The number of hydrogen-bond donors (Lipinski definition) is 4. The monoisotopic (exact) mass is 522 g/mol. The van der Waals surface area contributed by atoms with E-state index < -0.39 is 35.6 Å². The lowest BCUT2D eigenvalue weighted by Crippen LogP contribution is -2.36. The van der Waals surface area contributed by atoms with E-state index in [2.05, 4.69) is 10.6 Å². The van der Waals surface area contributed by atoms with Crippen LogP contribution in [0.25, 0.3) is 0 Å². The Morgan fingerprint density at radius 2 is 1.16 bits per heavy atom.